The maximum Gasteiger partial charge on any atom is 0.304 e. The number of rotatable bonds is 4. The average molecular weight is 292 g/mol. The molecule has 4 saturated carbocycles. The fourth-order valence-electron chi connectivity index (χ4n) is 5.59. The summed E-state index contributed by atoms with van der Waals surface area (Å²) in [5, 5.41) is 5.65. The van der Waals surface area contributed by atoms with Gasteiger partial charge in [-0.1, -0.05) is 11.3 Å². The first-order valence-electron chi connectivity index (χ1n) is 8.03. The summed E-state index contributed by atoms with van der Waals surface area (Å²) in [6.07, 6.45) is 8.82. The third-order valence-electron chi connectivity index (χ3n) is 6.17. The molecular weight excluding hydrogens is 268 g/mol. The molecule has 0 radical (unpaired) electrons. The molecule has 1 atom stereocenters. The van der Waals surface area contributed by atoms with Crippen molar-refractivity contribution >= 4 is 11.3 Å². The molecule has 3 nitrogen and oxygen atoms in total. The second-order valence-electron chi connectivity index (χ2n) is 7.56. The molecule has 4 fully saturated rings. The molecule has 5 rings (SSSR count). The van der Waals surface area contributed by atoms with Gasteiger partial charge in [-0.15, -0.1) is 0 Å². The lowest BCUT2D eigenvalue weighted by atomic mass is 9.48. The summed E-state index contributed by atoms with van der Waals surface area (Å²) in [6.45, 7) is 3.18. The topological polar surface area (TPSA) is 44.9 Å². The second kappa shape index (κ2) is 4.70. The van der Waals surface area contributed by atoms with Gasteiger partial charge >= 0.3 is 4.87 Å². The Morgan fingerprint density at radius 3 is 2.40 bits per heavy atom. The maximum atomic E-state index is 11.2. The molecule has 1 aromatic rings. The minimum absolute atomic E-state index is 0.0595. The highest BCUT2D eigenvalue weighted by Crippen LogP contribution is 2.61. The Morgan fingerprint density at radius 2 is 1.90 bits per heavy atom. The predicted octanol–water partition coefficient (Wildman–Crippen LogP) is 3.13. The van der Waals surface area contributed by atoms with E-state index in [1.807, 2.05) is 5.38 Å². The molecule has 4 bridgehead atoms. The molecule has 4 aliphatic rings. The lowest BCUT2D eigenvalue weighted by Gasteiger charge is -2.59. The molecule has 4 aliphatic carbocycles. The van der Waals surface area contributed by atoms with Crippen LogP contribution in [0, 0.1) is 23.2 Å². The standard InChI is InChI=1S/C16H24N2OS/c1-10(17-8-14-9-20-15(19)18-14)16-5-11-2-12(6-16)4-13(3-11)7-16/h9-13,17H,2-8H2,1H3,(H,18,19). The number of hydrogen-bond acceptors (Lipinski definition) is 3. The lowest BCUT2D eigenvalue weighted by Crippen LogP contribution is -2.54. The molecule has 20 heavy (non-hydrogen) atoms. The van der Waals surface area contributed by atoms with Gasteiger partial charge in [0.1, 0.15) is 0 Å². The fraction of sp³-hybridized carbons (Fsp3) is 0.812. The number of aromatic amines is 1. The van der Waals surface area contributed by atoms with E-state index in [1.54, 1.807) is 0 Å². The maximum absolute atomic E-state index is 11.2. The van der Waals surface area contributed by atoms with Crippen LogP contribution in [0.1, 0.15) is 51.1 Å². The van der Waals surface area contributed by atoms with Gasteiger partial charge in [0.15, 0.2) is 0 Å². The zero-order chi connectivity index (χ0) is 13.7. The van der Waals surface area contributed by atoms with Crippen LogP contribution in [0.15, 0.2) is 10.2 Å². The van der Waals surface area contributed by atoms with Gasteiger partial charge in [0.05, 0.1) is 0 Å². The van der Waals surface area contributed by atoms with Crippen LogP contribution in [0.3, 0.4) is 0 Å². The molecule has 4 heteroatoms. The van der Waals surface area contributed by atoms with Gasteiger partial charge in [0.25, 0.3) is 0 Å². The van der Waals surface area contributed by atoms with E-state index in [0.29, 0.717) is 11.5 Å². The Morgan fingerprint density at radius 1 is 1.30 bits per heavy atom. The Labute approximate surface area is 124 Å². The Hall–Kier alpha value is -0.610. The lowest BCUT2D eigenvalue weighted by molar-refractivity contribution is -0.0707. The summed E-state index contributed by atoms with van der Waals surface area (Å²) in [5.74, 6) is 3.02. The third kappa shape index (κ3) is 2.17. The highest BCUT2D eigenvalue weighted by molar-refractivity contribution is 7.07. The van der Waals surface area contributed by atoms with Crippen LogP contribution < -0.4 is 10.2 Å². The number of H-pyrrole nitrogens is 1. The van der Waals surface area contributed by atoms with Crippen molar-refractivity contribution in [3.8, 4) is 0 Å². The van der Waals surface area contributed by atoms with Crippen LogP contribution in [0.4, 0.5) is 0 Å². The zero-order valence-corrected chi connectivity index (χ0v) is 13.0. The highest BCUT2D eigenvalue weighted by Gasteiger charge is 2.52. The van der Waals surface area contributed by atoms with Crippen LogP contribution in [-0.4, -0.2) is 11.0 Å². The molecule has 1 heterocycles. The van der Waals surface area contributed by atoms with E-state index in [2.05, 4.69) is 17.2 Å². The Bertz CT molecular complexity index is 511. The smallest absolute Gasteiger partial charge is 0.304 e. The van der Waals surface area contributed by atoms with Crippen molar-refractivity contribution < 1.29 is 0 Å². The molecule has 1 unspecified atom stereocenters. The summed E-state index contributed by atoms with van der Waals surface area (Å²) in [7, 11) is 0. The van der Waals surface area contributed by atoms with Crippen molar-refractivity contribution in [2.45, 2.75) is 58.0 Å². The molecule has 0 aromatic carbocycles. The first-order valence-corrected chi connectivity index (χ1v) is 8.91. The third-order valence-corrected chi connectivity index (χ3v) is 6.89. The summed E-state index contributed by atoms with van der Waals surface area (Å²) in [5.41, 5.74) is 1.59. The normalized spacial score (nSPS) is 40.1. The van der Waals surface area contributed by atoms with E-state index < -0.39 is 0 Å². The summed E-state index contributed by atoms with van der Waals surface area (Å²) in [6, 6.07) is 0.569. The van der Waals surface area contributed by atoms with Crippen LogP contribution in [0.25, 0.3) is 0 Å². The number of nitrogens with one attached hydrogen (secondary N) is 2. The van der Waals surface area contributed by atoms with Crippen LogP contribution in [-0.2, 0) is 6.54 Å². The summed E-state index contributed by atoms with van der Waals surface area (Å²) >= 11 is 1.26. The van der Waals surface area contributed by atoms with E-state index in [0.717, 1.165) is 30.0 Å². The number of aromatic nitrogens is 1. The average Bonchev–Trinajstić information content (AvgIpc) is 2.80. The van der Waals surface area contributed by atoms with E-state index in [-0.39, 0.29) is 4.87 Å². The quantitative estimate of drug-likeness (QED) is 0.895. The first-order chi connectivity index (χ1) is 9.63. The van der Waals surface area contributed by atoms with Crippen LogP contribution in [0.2, 0.25) is 0 Å². The van der Waals surface area contributed by atoms with E-state index >= 15 is 0 Å². The highest BCUT2D eigenvalue weighted by atomic mass is 32.1. The molecule has 1 aromatic heterocycles. The minimum atomic E-state index is 0.0595. The monoisotopic (exact) mass is 292 g/mol. The van der Waals surface area contributed by atoms with Gasteiger partial charge in [0.2, 0.25) is 0 Å². The molecule has 0 saturated heterocycles. The van der Waals surface area contributed by atoms with Gasteiger partial charge in [-0.05, 0) is 68.6 Å². The van der Waals surface area contributed by atoms with Crippen molar-refractivity contribution in [1.29, 1.82) is 0 Å². The minimum Gasteiger partial charge on any atom is -0.315 e. The van der Waals surface area contributed by atoms with E-state index in [4.69, 9.17) is 0 Å². The van der Waals surface area contributed by atoms with Gasteiger partial charge in [-0.25, -0.2) is 0 Å². The Kier molecular flexibility index (Phi) is 3.08. The molecule has 2 N–H and O–H groups in total. The zero-order valence-electron chi connectivity index (χ0n) is 12.2. The van der Waals surface area contributed by atoms with Gasteiger partial charge in [-0.3, -0.25) is 4.79 Å². The summed E-state index contributed by atoms with van der Waals surface area (Å²) < 4.78 is 0. The van der Waals surface area contributed by atoms with Crippen LogP contribution in [0.5, 0.6) is 0 Å². The van der Waals surface area contributed by atoms with Gasteiger partial charge in [0, 0.05) is 23.7 Å². The predicted molar refractivity (Wildman–Crippen MR) is 81.8 cm³/mol. The van der Waals surface area contributed by atoms with Crippen molar-refractivity contribution in [3.63, 3.8) is 0 Å². The van der Waals surface area contributed by atoms with Crippen molar-refractivity contribution in [2.75, 3.05) is 0 Å². The molecule has 110 valence electrons. The largest absolute Gasteiger partial charge is 0.315 e. The summed E-state index contributed by atoms with van der Waals surface area (Å²) in [4.78, 5) is 14.2. The Balaban J connectivity index is 1.45. The van der Waals surface area contributed by atoms with E-state index in [9.17, 15) is 4.79 Å². The van der Waals surface area contributed by atoms with Gasteiger partial charge in [-0.2, -0.15) is 0 Å². The van der Waals surface area contributed by atoms with Crippen molar-refractivity contribution in [1.82, 2.24) is 10.3 Å². The molecule has 0 amide bonds. The molecule has 0 spiro atoms. The van der Waals surface area contributed by atoms with E-state index in [1.165, 1.54) is 49.9 Å². The number of thiazole rings is 1. The van der Waals surface area contributed by atoms with Gasteiger partial charge < -0.3 is 10.3 Å². The molecule has 0 aliphatic heterocycles. The number of hydrogen-bond donors (Lipinski definition) is 2. The first kappa shape index (κ1) is 13.1. The molecular formula is C16H24N2OS. The van der Waals surface area contributed by atoms with Crippen molar-refractivity contribution in [3.05, 3.63) is 20.7 Å². The van der Waals surface area contributed by atoms with Crippen LogP contribution >= 0.6 is 11.3 Å². The SMILES string of the molecule is CC(NCc1csc(=O)[nH]1)C12CC3CC(CC(C3)C1)C2. The fourth-order valence-corrected chi connectivity index (χ4v) is 6.17. The van der Waals surface area contributed by atoms with Crippen molar-refractivity contribution in [2.24, 2.45) is 23.2 Å². The second-order valence-corrected chi connectivity index (χ2v) is 8.40.